The van der Waals surface area contributed by atoms with Gasteiger partial charge in [-0.2, -0.15) is 5.10 Å². The lowest BCUT2D eigenvalue weighted by atomic mass is 9.99. The van der Waals surface area contributed by atoms with Crippen molar-refractivity contribution < 1.29 is 9.90 Å². The molecule has 1 atom stereocenters. The van der Waals surface area contributed by atoms with Gasteiger partial charge in [0, 0.05) is 24.9 Å². The summed E-state index contributed by atoms with van der Waals surface area (Å²) in [5.74, 6) is -0.831. The van der Waals surface area contributed by atoms with E-state index in [2.05, 4.69) is 16.7 Å². The third-order valence-electron chi connectivity index (χ3n) is 4.26. The van der Waals surface area contributed by atoms with Crippen molar-refractivity contribution in [1.29, 1.82) is 0 Å². The molecule has 0 saturated heterocycles. The SMILES string of the molecule is C=CCn1c(O)c(C2=NN(C(C)=O)C(c3ccc(Cl)cc3)C2)c(=O)[nH]c1=O. The molecule has 3 rings (SSSR count). The molecule has 2 heterocycles. The number of hydrogen-bond acceptors (Lipinski definition) is 5. The number of carbonyl (C=O) groups is 1. The summed E-state index contributed by atoms with van der Waals surface area (Å²) in [5, 5.41) is 16.5. The topological polar surface area (TPSA) is 108 Å². The predicted molar refractivity (Wildman–Crippen MR) is 101 cm³/mol. The molecule has 0 fully saturated rings. The maximum absolute atomic E-state index is 12.3. The summed E-state index contributed by atoms with van der Waals surface area (Å²) in [7, 11) is 0. The van der Waals surface area contributed by atoms with Crippen LogP contribution < -0.4 is 11.2 Å². The molecule has 9 heteroatoms. The van der Waals surface area contributed by atoms with Gasteiger partial charge in [0.05, 0.1) is 11.8 Å². The molecule has 0 aliphatic carbocycles. The molecule has 0 spiro atoms. The lowest BCUT2D eigenvalue weighted by molar-refractivity contribution is -0.130. The van der Waals surface area contributed by atoms with Crippen molar-refractivity contribution >= 4 is 23.2 Å². The second kappa shape index (κ2) is 7.24. The Morgan fingerprint density at radius 1 is 1.41 bits per heavy atom. The van der Waals surface area contributed by atoms with Gasteiger partial charge in [0.25, 0.3) is 5.56 Å². The third kappa shape index (κ3) is 3.43. The van der Waals surface area contributed by atoms with Gasteiger partial charge < -0.3 is 5.11 Å². The number of nitrogens with zero attached hydrogens (tertiary/aromatic N) is 3. The zero-order valence-electron chi connectivity index (χ0n) is 14.5. The van der Waals surface area contributed by atoms with E-state index in [9.17, 15) is 19.5 Å². The number of carbonyl (C=O) groups excluding carboxylic acids is 1. The highest BCUT2D eigenvalue weighted by molar-refractivity contribution is 6.30. The van der Waals surface area contributed by atoms with E-state index in [0.717, 1.165) is 10.1 Å². The van der Waals surface area contributed by atoms with Crippen LogP contribution in [0.15, 0.2) is 51.6 Å². The van der Waals surface area contributed by atoms with Gasteiger partial charge in [0.2, 0.25) is 11.8 Å². The summed E-state index contributed by atoms with van der Waals surface area (Å²) in [6.45, 7) is 4.90. The van der Waals surface area contributed by atoms with Gasteiger partial charge in [-0.3, -0.25) is 19.1 Å². The smallest absolute Gasteiger partial charge is 0.331 e. The van der Waals surface area contributed by atoms with Crippen molar-refractivity contribution in [3.63, 3.8) is 0 Å². The number of allylic oxidation sites excluding steroid dienone is 1. The minimum atomic E-state index is -0.767. The number of hydrazone groups is 1. The van der Waals surface area contributed by atoms with Crippen molar-refractivity contribution in [2.24, 2.45) is 5.10 Å². The number of nitrogens with one attached hydrogen (secondary N) is 1. The van der Waals surface area contributed by atoms with Gasteiger partial charge in [-0.1, -0.05) is 29.8 Å². The average Bonchev–Trinajstić information content (AvgIpc) is 3.04. The van der Waals surface area contributed by atoms with Crippen molar-refractivity contribution in [2.45, 2.75) is 25.9 Å². The number of benzene rings is 1. The third-order valence-corrected chi connectivity index (χ3v) is 4.51. The Morgan fingerprint density at radius 2 is 2.07 bits per heavy atom. The maximum Gasteiger partial charge on any atom is 0.331 e. The van der Waals surface area contributed by atoms with Gasteiger partial charge in [0.15, 0.2) is 0 Å². The number of halogens is 1. The van der Waals surface area contributed by atoms with Gasteiger partial charge in [-0.15, -0.1) is 6.58 Å². The average molecular weight is 389 g/mol. The van der Waals surface area contributed by atoms with Crippen LogP contribution in [-0.4, -0.2) is 31.3 Å². The van der Waals surface area contributed by atoms with Crippen LogP contribution in [-0.2, 0) is 11.3 Å². The molecule has 0 bridgehead atoms. The van der Waals surface area contributed by atoms with Crippen LogP contribution in [0.2, 0.25) is 5.02 Å². The molecule has 1 aromatic heterocycles. The zero-order chi connectivity index (χ0) is 19.7. The zero-order valence-corrected chi connectivity index (χ0v) is 15.2. The fourth-order valence-electron chi connectivity index (χ4n) is 3.01. The summed E-state index contributed by atoms with van der Waals surface area (Å²) >= 11 is 5.92. The fourth-order valence-corrected chi connectivity index (χ4v) is 3.14. The quantitative estimate of drug-likeness (QED) is 0.778. The van der Waals surface area contributed by atoms with Gasteiger partial charge in [0.1, 0.15) is 5.56 Å². The largest absolute Gasteiger partial charge is 0.494 e. The van der Waals surface area contributed by atoms with Gasteiger partial charge in [-0.05, 0) is 17.7 Å². The standard InChI is InChI=1S/C18H17ClN4O4/c1-3-8-22-17(26)15(16(25)20-18(22)27)13-9-14(23(21-13)10(2)24)11-4-6-12(19)7-5-11/h3-7,14,26H,1,8-9H2,2H3,(H,20,25,27). The Kier molecular flexibility index (Phi) is 5.00. The first kappa shape index (κ1) is 18.7. The first-order valence-electron chi connectivity index (χ1n) is 8.13. The Balaban J connectivity index is 2.09. The summed E-state index contributed by atoms with van der Waals surface area (Å²) in [6.07, 6.45) is 1.61. The number of aromatic amines is 1. The number of aromatic hydroxyl groups is 1. The Morgan fingerprint density at radius 3 is 2.67 bits per heavy atom. The monoisotopic (exact) mass is 388 g/mol. The molecule has 2 aromatic rings. The van der Waals surface area contributed by atoms with Crippen LogP contribution in [0.4, 0.5) is 0 Å². The Hall–Kier alpha value is -3.13. The first-order chi connectivity index (χ1) is 12.8. The van der Waals surface area contributed by atoms with E-state index in [0.29, 0.717) is 5.02 Å². The minimum Gasteiger partial charge on any atom is -0.494 e. The summed E-state index contributed by atoms with van der Waals surface area (Å²) in [6, 6.07) is 6.48. The maximum atomic E-state index is 12.3. The summed E-state index contributed by atoms with van der Waals surface area (Å²) in [5.41, 5.74) is -0.668. The molecule has 1 aliphatic heterocycles. The molecule has 2 N–H and O–H groups in total. The van der Waals surface area contributed by atoms with Crippen LogP contribution >= 0.6 is 11.6 Å². The minimum absolute atomic E-state index is 0.0127. The van der Waals surface area contributed by atoms with Crippen LogP contribution in [0.5, 0.6) is 5.88 Å². The molecule has 1 aliphatic rings. The lowest BCUT2D eigenvalue weighted by Crippen LogP contribution is -2.33. The van der Waals surface area contributed by atoms with E-state index in [1.807, 2.05) is 0 Å². The molecule has 1 amide bonds. The first-order valence-corrected chi connectivity index (χ1v) is 8.51. The predicted octanol–water partition coefficient (Wildman–Crippen LogP) is 1.78. The molecule has 1 aromatic carbocycles. The van der Waals surface area contributed by atoms with E-state index < -0.39 is 23.2 Å². The van der Waals surface area contributed by atoms with E-state index in [1.165, 1.54) is 18.0 Å². The van der Waals surface area contributed by atoms with Gasteiger partial charge >= 0.3 is 5.69 Å². The number of hydrogen-bond donors (Lipinski definition) is 2. The summed E-state index contributed by atoms with van der Waals surface area (Å²) in [4.78, 5) is 38.4. The molecular weight excluding hydrogens is 372 g/mol. The van der Waals surface area contributed by atoms with Crippen LogP contribution in [0.3, 0.4) is 0 Å². The Labute approximate surface area is 159 Å². The van der Waals surface area contributed by atoms with Crippen LogP contribution in [0, 0.1) is 0 Å². The molecular formula is C18H17ClN4O4. The van der Waals surface area contributed by atoms with Crippen molar-refractivity contribution in [2.75, 3.05) is 0 Å². The van der Waals surface area contributed by atoms with E-state index in [4.69, 9.17) is 11.6 Å². The van der Waals surface area contributed by atoms with E-state index in [-0.39, 0.29) is 30.1 Å². The number of amides is 1. The van der Waals surface area contributed by atoms with Crippen LogP contribution in [0.1, 0.15) is 30.5 Å². The second-order valence-electron chi connectivity index (χ2n) is 6.04. The number of aromatic nitrogens is 2. The highest BCUT2D eigenvalue weighted by Crippen LogP contribution is 2.33. The molecule has 140 valence electrons. The molecule has 0 radical (unpaired) electrons. The van der Waals surface area contributed by atoms with E-state index >= 15 is 0 Å². The lowest BCUT2D eigenvalue weighted by Gasteiger charge is -2.20. The molecule has 0 saturated carbocycles. The fraction of sp³-hybridized carbons (Fsp3) is 0.222. The highest BCUT2D eigenvalue weighted by Gasteiger charge is 2.34. The molecule has 8 nitrogen and oxygen atoms in total. The van der Waals surface area contributed by atoms with Crippen molar-refractivity contribution in [3.05, 3.63) is 73.9 Å². The molecule has 1 unspecified atom stereocenters. The van der Waals surface area contributed by atoms with Crippen molar-refractivity contribution in [3.8, 4) is 5.88 Å². The van der Waals surface area contributed by atoms with Crippen molar-refractivity contribution in [1.82, 2.24) is 14.6 Å². The summed E-state index contributed by atoms with van der Waals surface area (Å²) < 4.78 is 0.972. The number of rotatable bonds is 4. The number of H-pyrrole nitrogens is 1. The molecule has 27 heavy (non-hydrogen) atoms. The van der Waals surface area contributed by atoms with E-state index in [1.54, 1.807) is 24.3 Å². The van der Waals surface area contributed by atoms with Gasteiger partial charge in [-0.25, -0.2) is 9.80 Å². The normalized spacial score (nSPS) is 16.3. The highest BCUT2D eigenvalue weighted by atomic mass is 35.5. The second-order valence-corrected chi connectivity index (χ2v) is 6.48. The Bertz CT molecular complexity index is 1050. The van der Waals surface area contributed by atoms with Crippen LogP contribution in [0.25, 0.3) is 0 Å².